The van der Waals surface area contributed by atoms with E-state index in [2.05, 4.69) is 0 Å². The molecule has 2 N–H and O–H groups in total. The largest absolute Gasteiger partial charge is 0.407 e. The smallest absolute Gasteiger partial charge is 0.316 e. The van der Waals surface area contributed by atoms with Gasteiger partial charge in [-0.05, 0) is 17.7 Å². The van der Waals surface area contributed by atoms with E-state index in [9.17, 15) is 13.2 Å². The summed E-state index contributed by atoms with van der Waals surface area (Å²) in [4.78, 5) is 0. The van der Waals surface area contributed by atoms with Crippen LogP contribution in [0.3, 0.4) is 0 Å². The van der Waals surface area contributed by atoms with Gasteiger partial charge in [-0.15, -0.1) is 12.4 Å². The molecule has 7 heteroatoms. The summed E-state index contributed by atoms with van der Waals surface area (Å²) in [7, 11) is 0. The van der Waals surface area contributed by atoms with Crippen molar-refractivity contribution in [2.75, 3.05) is 0 Å². The summed E-state index contributed by atoms with van der Waals surface area (Å²) in [5.74, 6) is 0. The molecular formula is C8H7Cl3F3N. The number of benzene rings is 1. The van der Waals surface area contributed by atoms with Gasteiger partial charge in [-0.3, -0.25) is 0 Å². The zero-order chi connectivity index (χ0) is 10.9. The van der Waals surface area contributed by atoms with Crippen LogP contribution >= 0.6 is 35.6 Å². The molecule has 0 aliphatic rings. The first-order valence-corrected chi connectivity index (χ1v) is 4.35. The molecule has 1 atom stereocenters. The summed E-state index contributed by atoms with van der Waals surface area (Å²) >= 11 is 11.1. The molecular weight excluding hydrogens is 273 g/mol. The third-order valence-corrected chi connectivity index (χ3v) is 2.39. The van der Waals surface area contributed by atoms with Crippen molar-refractivity contribution in [3.05, 3.63) is 33.8 Å². The second-order valence-electron chi connectivity index (χ2n) is 2.69. The van der Waals surface area contributed by atoms with Gasteiger partial charge >= 0.3 is 6.18 Å². The SMILES string of the molecule is Cl.N[C@@H](c1ccc(Cl)c(Cl)c1)C(F)(F)F. The van der Waals surface area contributed by atoms with Crippen molar-refractivity contribution in [3.8, 4) is 0 Å². The molecule has 0 spiro atoms. The molecule has 15 heavy (non-hydrogen) atoms. The lowest BCUT2D eigenvalue weighted by atomic mass is 10.1. The fourth-order valence-corrected chi connectivity index (χ4v) is 1.20. The van der Waals surface area contributed by atoms with Crippen LogP contribution in [-0.4, -0.2) is 6.18 Å². The van der Waals surface area contributed by atoms with Gasteiger partial charge < -0.3 is 5.73 Å². The molecule has 0 unspecified atom stereocenters. The maximum Gasteiger partial charge on any atom is 0.407 e. The number of hydrogen-bond acceptors (Lipinski definition) is 1. The lowest BCUT2D eigenvalue weighted by Gasteiger charge is -2.16. The molecule has 0 saturated heterocycles. The molecule has 1 aromatic carbocycles. The van der Waals surface area contributed by atoms with Gasteiger partial charge in [0.15, 0.2) is 0 Å². The topological polar surface area (TPSA) is 26.0 Å². The molecule has 0 saturated carbocycles. The summed E-state index contributed by atoms with van der Waals surface area (Å²) in [5, 5.41) is 0.258. The van der Waals surface area contributed by atoms with Crippen LogP contribution in [-0.2, 0) is 0 Å². The van der Waals surface area contributed by atoms with E-state index in [1.807, 2.05) is 0 Å². The van der Waals surface area contributed by atoms with Crippen LogP contribution in [0.4, 0.5) is 13.2 Å². The summed E-state index contributed by atoms with van der Waals surface area (Å²) in [6.45, 7) is 0. The molecule has 0 amide bonds. The minimum Gasteiger partial charge on any atom is -0.316 e. The first-order chi connectivity index (χ1) is 6.32. The maximum absolute atomic E-state index is 12.2. The zero-order valence-electron chi connectivity index (χ0n) is 7.18. The van der Waals surface area contributed by atoms with E-state index >= 15 is 0 Å². The first kappa shape index (κ1) is 14.8. The third kappa shape index (κ3) is 3.72. The van der Waals surface area contributed by atoms with Gasteiger partial charge in [0.25, 0.3) is 0 Å². The Hall–Kier alpha value is -0.160. The number of rotatable bonds is 1. The van der Waals surface area contributed by atoms with E-state index < -0.39 is 12.2 Å². The third-order valence-electron chi connectivity index (χ3n) is 1.66. The average Bonchev–Trinajstić information content (AvgIpc) is 2.07. The number of hydrogen-bond donors (Lipinski definition) is 1. The van der Waals surface area contributed by atoms with Crippen LogP contribution in [0.25, 0.3) is 0 Å². The standard InChI is InChI=1S/C8H6Cl2F3N.ClH/c9-5-2-1-4(3-6(5)10)7(14)8(11,12)13;/h1-3,7H,14H2;1H/t7-;/m0./s1. The molecule has 0 aromatic heterocycles. The maximum atomic E-state index is 12.2. The molecule has 0 fully saturated rings. The summed E-state index contributed by atoms with van der Waals surface area (Å²) in [6.07, 6.45) is -4.48. The van der Waals surface area contributed by atoms with E-state index in [0.29, 0.717) is 0 Å². The first-order valence-electron chi connectivity index (χ1n) is 3.59. The van der Waals surface area contributed by atoms with Gasteiger partial charge in [0.05, 0.1) is 10.0 Å². The highest BCUT2D eigenvalue weighted by atomic mass is 35.5. The molecule has 0 radical (unpaired) electrons. The van der Waals surface area contributed by atoms with Gasteiger partial charge in [0.1, 0.15) is 6.04 Å². The second-order valence-corrected chi connectivity index (χ2v) is 3.51. The molecule has 1 rings (SSSR count). The Morgan fingerprint density at radius 3 is 2.07 bits per heavy atom. The highest BCUT2D eigenvalue weighted by Crippen LogP contribution is 2.33. The monoisotopic (exact) mass is 279 g/mol. The highest BCUT2D eigenvalue weighted by Gasteiger charge is 2.37. The molecule has 1 aromatic rings. The quantitative estimate of drug-likeness (QED) is 0.827. The Labute approximate surface area is 101 Å². The molecule has 86 valence electrons. The van der Waals surface area contributed by atoms with Crippen molar-refractivity contribution in [1.29, 1.82) is 0 Å². The van der Waals surface area contributed by atoms with Crippen molar-refractivity contribution in [3.63, 3.8) is 0 Å². The van der Waals surface area contributed by atoms with Crippen molar-refractivity contribution in [1.82, 2.24) is 0 Å². The fraction of sp³-hybridized carbons (Fsp3) is 0.250. The van der Waals surface area contributed by atoms with E-state index in [4.69, 9.17) is 28.9 Å². The Bertz CT molecular complexity index is 340. The van der Waals surface area contributed by atoms with E-state index in [1.54, 1.807) is 0 Å². The van der Waals surface area contributed by atoms with Gasteiger partial charge in [0.2, 0.25) is 0 Å². The molecule has 0 aliphatic carbocycles. The number of nitrogens with two attached hydrogens (primary N) is 1. The Kier molecular flexibility index (Phi) is 5.20. The summed E-state index contributed by atoms with van der Waals surface area (Å²) in [6, 6.07) is 1.57. The van der Waals surface area contributed by atoms with E-state index in [1.165, 1.54) is 12.1 Å². The average molecular weight is 281 g/mol. The second kappa shape index (κ2) is 5.25. The Morgan fingerprint density at radius 1 is 1.13 bits per heavy atom. The van der Waals surface area contributed by atoms with E-state index in [0.717, 1.165) is 6.07 Å². The van der Waals surface area contributed by atoms with E-state index in [-0.39, 0.29) is 28.0 Å². The highest BCUT2D eigenvalue weighted by molar-refractivity contribution is 6.42. The molecule has 0 aliphatic heterocycles. The molecule has 0 heterocycles. The van der Waals surface area contributed by atoms with Gasteiger partial charge in [-0.2, -0.15) is 13.2 Å². The van der Waals surface area contributed by atoms with Crippen molar-refractivity contribution in [2.24, 2.45) is 5.73 Å². The van der Waals surface area contributed by atoms with Crippen molar-refractivity contribution < 1.29 is 13.2 Å². The van der Waals surface area contributed by atoms with Crippen LogP contribution < -0.4 is 5.73 Å². The van der Waals surface area contributed by atoms with Crippen LogP contribution in [0.15, 0.2) is 18.2 Å². The Morgan fingerprint density at radius 2 is 1.67 bits per heavy atom. The lowest BCUT2D eigenvalue weighted by Crippen LogP contribution is -2.28. The zero-order valence-corrected chi connectivity index (χ0v) is 9.51. The van der Waals surface area contributed by atoms with Crippen LogP contribution in [0, 0.1) is 0 Å². The minimum atomic E-state index is -4.48. The van der Waals surface area contributed by atoms with Crippen LogP contribution in [0.5, 0.6) is 0 Å². The fourth-order valence-electron chi connectivity index (χ4n) is 0.895. The lowest BCUT2D eigenvalue weighted by molar-refractivity contribution is -0.149. The van der Waals surface area contributed by atoms with Gasteiger partial charge in [-0.25, -0.2) is 0 Å². The molecule has 1 nitrogen and oxygen atoms in total. The van der Waals surface area contributed by atoms with Crippen LogP contribution in [0.1, 0.15) is 11.6 Å². The van der Waals surface area contributed by atoms with Crippen LogP contribution in [0.2, 0.25) is 10.0 Å². The summed E-state index contributed by atoms with van der Waals surface area (Å²) in [5.41, 5.74) is 4.86. The molecule has 0 bridgehead atoms. The van der Waals surface area contributed by atoms with Gasteiger partial charge in [-0.1, -0.05) is 29.3 Å². The Balaban J connectivity index is 0.00000196. The normalized spacial score (nSPS) is 13.2. The summed E-state index contributed by atoms with van der Waals surface area (Å²) < 4.78 is 36.5. The predicted molar refractivity (Wildman–Crippen MR) is 56.7 cm³/mol. The number of alkyl halides is 3. The minimum absolute atomic E-state index is 0. The van der Waals surface area contributed by atoms with Gasteiger partial charge in [0, 0.05) is 0 Å². The van der Waals surface area contributed by atoms with Crippen molar-refractivity contribution in [2.45, 2.75) is 12.2 Å². The predicted octanol–water partition coefficient (Wildman–Crippen LogP) is 3.98. The number of halogens is 6. The van der Waals surface area contributed by atoms with Crippen molar-refractivity contribution >= 4 is 35.6 Å².